The van der Waals surface area contributed by atoms with Gasteiger partial charge in [0.1, 0.15) is 0 Å². The molecule has 0 bridgehead atoms. The maximum atomic E-state index is 6.61. The Bertz CT molecular complexity index is 178. The van der Waals surface area contributed by atoms with Gasteiger partial charge in [-0.25, -0.2) is 0 Å². The lowest BCUT2D eigenvalue weighted by Crippen LogP contribution is -2.45. The van der Waals surface area contributed by atoms with E-state index in [0.717, 1.165) is 0 Å². The summed E-state index contributed by atoms with van der Waals surface area (Å²) in [6.07, 6.45) is 0. The van der Waals surface area contributed by atoms with Crippen LogP contribution in [0.5, 0.6) is 0 Å². The van der Waals surface area contributed by atoms with E-state index in [1.165, 1.54) is 0 Å². The van der Waals surface area contributed by atoms with Crippen LogP contribution in [0.1, 0.15) is 27.7 Å². The van der Waals surface area contributed by atoms with Crippen molar-refractivity contribution in [1.29, 1.82) is 0 Å². The zero-order valence-corrected chi connectivity index (χ0v) is 13.1. The predicted octanol–water partition coefficient (Wildman–Crippen LogP) is 4.75. The summed E-state index contributed by atoms with van der Waals surface area (Å²) in [5.41, 5.74) is 0. The van der Waals surface area contributed by atoms with Gasteiger partial charge >= 0.3 is 0 Å². The molecule has 1 radical (unpaired) electrons. The minimum absolute atomic E-state index is 0.300. The Labute approximate surface area is 91.4 Å². The largest absolute Gasteiger partial charge is 0.167 e. The molecular weight excluding hydrogens is 212 g/mol. The monoisotopic (exact) mass is 235 g/mol. The van der Waals surface area contributed by atoms with E-state index in [-0.39, 0.29) is 8.80 Å². The summed E-state index contributed by atoms with van der Waals surface area (Å²) >= 11 is 6.61. The van der Waals surface area contributed by atoms with Crippen molar-refractivity contribution in [2.75, 3.05) is 0 Å². The standard InChI is InChI=1S/C10H24ClSi2/c1-9(2,12(5)6)10(3,4)13(7,8)11/h1-8H3. The topological polar surface area (TPSA) is 0 Å². The lowest BCUT2D eigenvalue weighted by Gasteiger charge is -2.50. The normalized spacial score (nSPS) is 15.2. The van der Waals surface area contributed by atoms with E-state index in [9.17, 15) is 0 Å². The summed E-state index contributed by atoms with van der Waals surface area (Å²) in [5.74, 6) is 0. The first-order valence-corrected chi connectivity index (χ1v) is 11.5. The Morgan fingerprint density at radius 1 is 1.00 bits per heavy atom. The Kier molecular flexibility index (Phi) is 3.91. The molecule has 0 aromatic heterocycles. The lowest BCUT2D eigenvalue weighted by molar-refractivity contribution is 0.475. The average molecular weight is 236 g/mol. The second-order valence-electron chi connectivity index (χ2n) is 5.72. The number of hydrogen-bond donors (Lipinski definition) is 0. The van der Waals surface area contributed by atoms with Crippen molar-refractivity contribution in [2.24, 2.45) is 0 Å². The van der Waals surface area contributed by atoms with Gasteiger partial charge in [-0.15, -0.1) is 0 Å². The van der Waals surface area contributed by atoms with Crippen LogP contribution in [0.4, 0.5) is 0 Å². The number of halogens is 1. The van der Waals surface area contributed by atoms with Gasteiger partial charge in [-0.05, 0) is 10.1 Å². The van der Waals surface area contributed by atoms with Crippen molar-refractivity contribution < 1.29 is 0 Å². The van der Waals surface area contributed by atoms with Crippen LogP contribution in [-0.4, -0.2) is 16.2 Å². The molecule has 0 amide bonds. The van der Waals surface area contributed by atoms with E-state index >= 15 is 0 Å². The summed E-state index contributed by atoms with van der Waals surface area (Å²) in [6.45, 7) is 18.8. The number of rotatable bonds is 3. The van der Waals surface area contributed by atoms with Crippen LogP contribution in [0, 0.1) is 0 Å². The first-order chi connectivity index (χ1) is 5.44. The molecule has 0 rings (SSSR count). The van der Waals surface area contributed by atoms with Gasteiger partial charge in [0.2, 0.25) is 0 Å². The van der Waals surface area contributed by atoms with Gasteiger partial charge in [0, 0.05) is 8.80 Å². The Morgan fingerprint density at radius 3 is 1.38 bits per heavy atom. The fraction of sp³-hybridized carbons (Fsp3) is 1.00. The van der Waals surface area contributed by atoms with Crippen molar-refractivity contribution in [3.05, 3.63) is 0 Å². The minimum atomic E-state index is -1.59. The van der Waals surface area contributed by atoms with Crippen molar-refractivity contribution in [1.82, 2.24) is 0 Å². The third-order valence-corrected chi connectivity index (χ3v) is 12.7. The smallest absolute Gasteiger partial charge is 0.156 e. The fourth-order valence-electron chi connectivity index (χ4n) is 1.37. The van der Waals surface area contributed by atoms with Crippen LogP contribution in [0.3, 0.4) is 0 Å². The fourth-order valence-corrected chi connectivity index (χ4v) is 6.74. The molecule has 0 N–H and O–H groups in total. The molecular formula is C10H24ClSi2. The molecule has 0 aliphatic heterocycles. The molecule has 0 aliphatic rings. The maximum absolute atomic E-state index is 6.61. The van der Waals surface area contributed by atoms with Gasteiger partial charge in [-0.2, -0.15) is 11.1 Å². The number of hydrogen-bond acceptors (Lipinski definition) is 0. The van der Waals surface area contributed by atoms with Gasteiger partial charge in [-0.3, -0.25) is 0 Å². The highest BCUT2D eigenvalue weighted by atomic mass is 35.6. The molecule has 13 heavy (non-hydrogen) atoms. The Balaban J connectivity index is 5.04. The molecule has 0 saturated carbocycles. The molecule has 0 spiro atoms. The predicted molar refractivity (Wildman–Crippen MR) is 68.9 cm³/mol. The highest BCUT2D eigenvalue weighted by Gasteiger charge is 2.50. The van der Waals surface area contributed by atoms with E-state index in [0.29, 0.717) is 10.1 Å². The van der Waals surface area contributed by atoms with E-state index in [2.05, 4.69) is 53.9 Å². The van der Waals surface area contributed by atoms with Gasteiger partial charge in [0.15, 0.2) is 7.38 Å². The third-order valence-electron chi connectivity index (χ3n) is 4.30. The van der Waals surface area contributed by atoms with Crippen LogP contribution in [-0.2, 0) is 0 Å². The molecule has 0 saturated heterocycles. The minimum Gasteiger partial charge on any atom is -0.167 e. The highest BCUT2D eigenvalue weighted by molar-refractivity contribution is 7.21. The maximum Gasteiger partial charge on any atom is 0.156 e. The van der Waals surface area contributed by atoms with Crippen molar-refractivity contribution >= 4 is 27.3 Å². The zero-order chi connectivity index (χ0) is 11.1. The van der Waals surface area contributed by atoms with E-state index < -0.39 is 7.38 Å². The van der Waals surface area contributed by atoms with E-state index in [1.54, 1.807) is 0 Å². The Hall–Kier alpha value is 0.724. The first-order valence-electron chi connectivity index (χ1n) is 4.94. The van der Waals surface area contributed by atoms with Gasteiger partial charge in [0.05, 0.1) is 0 Å². The lowest BCUT2D eigenvalue weighted by atomic mass is 9.97. The van der Waals surface area contributed by atoms with Gasteiger partial charge in [-0.1, -0.05) is 53.9 Å². The molecule has 0 unspecified atom stereocenters. The molecule has 0 aliphatic carbocycles. The zero-order valence-electron chi connectivity index (χ0n) is 10.4. The van der Waals surface area contributed by atoms with Crippen LogP contribution in [0.2, 0.25) is 36.3 Å². The van der Waals surface area contributed by atoms with Gasteiger partial charge < -0.3 is 0 Å². The van der Waals surface area contributed by atoms with Gasteiger partial charge in [0.25, 0.3) is 0 Å². The van der Waals surface area contributed by atoms with Crippen LogP contribution < -0.4 is 0 Å². The summed E-state index contributed by atoms with van der Waals surface area (Å²) in [7, 11) is -1.89. The molecule has 3 heteroatoms. The third kappa shape index (κ3) is 2.39. The highest BCUT2D eigenvalue weighted by Crippen LogP contribution is 2.59. The van der Waals surface area contributed by atoms with E-state index in [1.807, 2.05) is 0 Å². The molecule has 0 aromatic carbocycles. The van der Waals surface area contributed by atoms with Crippen molar-refractivity contribution in [3.8, 4) is 0 Å². The summed E-state index contributed by atoms with van der Waals surface area (Å²) < 4.78 is 0. The second-order valence-corrected chi connectivity index (χ2v) is 16.0. The molecule has 0 atom stereocenters. The van der Waals surface area contributed by atoms with E-state index in [4.69, 9.17) is 11.1 Å². The molecule has 0 heterocycles. The molecule has 0 nitrogen and oxygen atoms in total. The Morgan fingerprint density at radius 2 is 1.31 bits per heavy atom. The SMILES string of the molecule is C[Si](C)C(C)(C)C(C)(C)[Si](C)(C)Cl. The van der Waals surface area contributed by atoms with Crippen LogP contribution >= 0.6 is 11.1 Å². The summed E-state index contributed by atoms with van der Waals surface area (Å²) in [4.78, 5) is 0. The average Bonchev–Trinajstić information content (AvgIpc) is 1.84. The quantitative estimate of drug-likeness (QED) is 0.490. The first kappa shape index (κ1) is 13.7. The van der Waals surface area contributed by atoms with Crippen molar-refractivity contribution in [2.45, 2.75) is 64.0 Å². The molecule has 79 valence electrons. The summed E-state index contributed by atoms with van der Waals surface area (Å²) in [6, 6.07) is 0. The van der Waals surface area contributed by atoms with Crippen LogP contribution in [0.25, 0.3) is 0 Å². The molecule has 0 aromatic rings. The summed E-state index contributed by atoms with van der Waals surface area (Å²) in [5, 5.41) is 0.717. The van der Waals surface area contributed by atoms with Crippen molar-refractivity contribution in [3.63, 3.8) is 0 Å². The second kappa shape index (κ2) is 3.71. The van der Waals surface area contributed by atoms with Crippen LogP contribution in [0.15, 0.2) is 0 Å². The molecule has 0 fully saturated rings.